The van der Waals surface area contributed by atoms with Gasteiger partial charge in [-0.15, -0.1) is 0 Å². The lowest BCUT2D eigenvalue weighted by molar-refractivity contribution is 0.0882. The van der Waals surface area contributed by atoms with Crippen molar-refractivity contribution in [2.45, 2.75) is 37.6 Å². The third-order valence-corrected chi connectivity index (χ3v) is 6.88. The number of allylic oxidation sites excluding steroid dienone is 4. The molecule has 168 valence electrons. The fraction of sp³-hybridized carbons (Fsp3) is 0.258. The Morgan fingerprint density at radius 2 is 1.42 bits per heavy atom. The molecule has 0 unspecified atom stereocenters. The van der Waals surface area contributed by atoms with Gasteiger partial charge in [-0.3, -0.25) is 4.79 Å². The molecule has 0 saturated heterocycles. The first-order chi connectivity index (χ1) is 16.0. The van der Waals surface area contributed by atoms with Crippen molar-refractivity contribution >= 4 is 11.4 Å². The van der Waals surface area contributed by atoms with Crippen molar-refractivity contribution in [2.75, 3.05) is 14.1 Å². The van der Waals surface area contributed by atoms with E-state index >= 15 is 0 Å². The lowest BCUT2D eigenvalue weighted by Crippen LogP contribution is -2.43. The number of benzene rings is 3. The first-order valence-corrected chi connectivity index (χ1v) is 11.8. The molecule has 2 nitrogen and oxygen atoms in total. The smallest absolute Gasteiger partial charge is 0.177 e. The second-order valence-corrected chi connectivity index (χ2v) is 9.20. The first-order valence-electron chi connectivity index (χ1n) is 11.8. The van der Waals surface area contributed by atoms with E-state index in [2.05, 4.69) is 80.5 Å². The standard InChI is InChI=1S/C31H33NO/c1-24(32(2)3)23-31(28-15-9-5-10-16-28,29-17-11-6-12-18-29)30(33)27-21-19-26(20-22-27)25-13-7-4-8-14-25/h5-7,9-22,24H,4,8,23H2,1-3H3/t24-/m0/s1. The molecule has 3 aromatic carbocycles. The molecule has 0 heterocycles. The number of carbonyl (C=O) groups excluding carboxylic acids is 1. The van der Waals surface area contributed by atoms with Crippen LogP contribution < -0.4 is 0 Å². The molecular weight excluding hydrogens is 402 g/mol. The molecule has 0 spiro atoms. The van der Waals surface area contributed by atoms with Gasteiger partial charge in [0.2, 0.25) is 0 Å². The van der Waals surface area contributed by atoms with Crippen LogP contribution in [-0.2, 0) is 5.41 Å². The molecule has 2 heteroatoms. The van der Waals surface area contributed by atoms with Crippen LogP contribution in [0.1, 0.15) is 53.2 Å². The maximum Gasteiger partial charge on any atom is 0.177 e. The third-order valence-electron chi connectivity index (χ3n) is 6.88. The summed E-state index contributed by atoms with van der Waals surface area (Å²) in [6.07, 6.45) is 9.53. The van der Waals surface area contributed by atoms with Gasteiger partial charge in [-0.05, 0) is 62.5 Å². The van der Waals surface area contributed by atoms with Crippen molar-refractivity contribution in [3.63, 3.8) is 0 Å². The van der Waals surface area contributed by atoms with E-state index in [1.165, 1.54) is 5.57 Å². The molecule has 1 atom stereocenters. The number of carbonyl (C=O) groups is 1. The molecule has 0 N–H and O–H groups in total. The summed E-state index contributed by atoms with van der Waals surface area (Å²) in [6.45, 7) is 2.19. The van der Waals surface area contributed by atoms with Gasteiger partial charge in [0.25, 0.3) is 0 Å². The minimum atomic E-state index is -0.766. The summed E-state index contributed by atoms with van der Waals surface area (Å²) in [5, 5.41) is 0. The molecule has 0 aromatic heterocycles. The summed E-state index contributed by atoms with van der Waals surface area (Å²) >= 11 is 0. The lowest BCUT2D eigenvalue weighted by Gasteiger charge is -2.38. The Hall–Kier alpha value is -3.23. The van der Waals surface area contributed by atoms with Crippen molar-refractivity contribution in [1.29, 1.82) is 0 Å². The quantitative estimate of drug-likeness (QED) is 0.358. The van der Waals surface area contributed by atoms with Crippen LogP contribution in [-0.4, -0.2) is 30.8 Å². The summed E-state index contributed by atoms with van der Waals surface area (Å²) in [5.41, 5.74) is 4.46. The molecular formula is C31H33NO. The summed E-state index contributed by atoms with van der Waals surface area (Å²) in [7, 11) is 4.16. The Balaban J connectivity index is 1.84. The van der Waals surface area contributed by atoms with Crippen molar-refractivity contribution in [3.05, 3.63) is 125 Å². The monoisotopic (exact) mass is 435 g/mol. The normalized spacial score (nSPS) is 14.7. The Morgan fingerprint density at radius 1 is 0.848 bits per heavy atom. The molecule has 0 aliphatic heterocycles. The molecule has 0 amide bonds. The highest BCUT2D eigenvalue weighted by Crippen LogP contribution is 2.41. The minimum Gasteiger partial charge on any atom is -0.307 e. The molecule has 0 bridgehead atoms. The van der Waals surface area contributed by atoms with E-state index in [0.29, 0.717) is 6.42 Å². The van der Waals surface area contributed by atoms with E-state index in [-0.39, 0.29) is 11.8 Å². The molecule has 0 fully saturated rings. The zero-order valence-electron chi connectivity index (χ0n) is 19.9. The Bertz CT molecular complexity index is 1090. The number of Topliss-reactive ketones (excluding diaryl/α,β-unsaturated/α-hetero) is 1. The number of nitrogens with zero attached hydrogens (tertiary/aromatic N) is 1. The number of ketones is 1. The maximum atomic E-state index is 14.5. The van der Waals surface area contributed by atoms with E-state index in [0.717, 1.165) is 35.1 Å². The van der Waals surface area contributed by atoms with Crippen LogP contribution in [0.25, 0.3) is 5.57 Å². The number of hydrogen-bond acceptors (Lipinski definition) is 2. The van der Waals surface area contributed by atoms with E-state index in [9.17, 15) is 4.79 Å². The van der Waals surface area contributed by atoms with Gasteiger partial charge < -0.3 is 4.90 Å². The molecule has 0 radical (unpaired) electrons. The van der Waals surface area contributed by atoms with Crippen molar-refractivity contribution in [3.8, 4) is 0 Å². The van der Waals surface area contributed by atoms with Gasteiger partial charge in [-0.2, -0.15) is 0 Å². The van der Waals surface area contributed by atoms with Crippen LogP contribution in [0.15, 0.2) is 103 Å². The number of hydrogen-bond donors (Lipinski definition) is 0. The lowest BCUT2D eigenvalue weighted by atomic mass is 9.66. The fourth-order valence-electron chi connectivity index (χ4n) is 4.72. The second-order valence-electron chi connectivity index (χ2n) is 9.20. The van der Waals surface area contributed by atoms with Gasteiger partial charge >= 0.3 is 0 Å². The van der Waals surface area contributed by atoms with E-state index in [1.54, 1.807) is 0 Å². The van der Waals surface area contributed by atoms with Crippen molar-refractivity contribution in [1.82, 2.24) is 4.90 Å². The summed E-state index contributed by atoms with van der Waals surface area (Å²) in [4.78, 5) is 16.7. The molecule has 1 aliphatic rings. The van der Waals surface area contributed by atoms with Crippen LogP contribution in [0.2, 0.25) is 0 Å². The Kier molecular flexibility index (Phi) is 7.05. The minimum absolute atomic E-state index is 0.147. The highest BCUT2D eigenvalue weighted by molar-refractivity contribution is 6.06. The van der Waals surface area contributed by atoms with Gasteiger partial charge in [0.15, 0.2) is 5.78 Å². The highest BCUT2D eigenvalue weighted by Gasteiger charge is 2.43. The predicted molar refractivity (Wildman–Crippen MR) is 139 cm³/mol. The van der Waals surface area contributed by atoms with Crippen molar-refractivity contribution < 1.29 is 4.79 Å². The average molecular weight is 436 g/mol. The Morgan fingerprint density at radius 3 is 1.91 bits per heavy atom. The van der Waals surface area contributed by atoms with Gasteiger partial charge in [0, 0.05) is 11.6 Å². The van der Waals surface area contributed by atoms with Gasteiger partial charge in [-0.1, -0.05) is 103 Å². The zero-order chi connectivity index (χ0) is 23.3. The SMILES string of the molecule is C[C@@H](CC(C(=O)c1ccc(C2=CCCC=C2)cc1)(c1ccccc1)c1ccccc1)N(C)C. The van der Waals surface area contributed by atoms with Crippen LogP contribution >= 0.6 is 0 Å². The van der Waals surface area contributed by atoms with Gasteiger partial charge in [-0.25, -0.2) is 0 Å². The average Bonchev–Trinajstić information content (AvgIpc) is 2.88. The molecule has 4 rings (SSSR count). The topological polar surface area (TPSA) is 20.3 Å². The van der Waals surface area contributed by atoms with Crippen LogP contribution in [0.4, 0.5) is 0 Å². The van der Waals surface area contributed by atoms with Crippen LogP contribution in [0.3, 0.4) is 0 Å². The molecule has 0 saturated carbocycles. The summed E-state index contributed by atoms with van der Waals surface area (Å²) < 4.78 is 0. The maximum absolute atomic E-state index is 14.5. The van der Waals surface area contributed by atoms with Crippen molar-refractivity contribution in [2.24, 2.45) is 0 Å². The Labute approximate surface area is 198 Å². The highest BCUT2D eigenvalue weighted by atomic mass is 16.1. The van der Waals surface area contributed by atoms with Crippen LogP contribution in [0, 0.1) is 0 Å². The van der Waals surface area contributed by atoms with Gasteiger partial charge in [0.05, 0.1) is 5.41 Å². The zero-order valence-corrected chi connectivity index (χ0v) is 19.9. The predicted octanol–water partition coefficient (Wildman–Crippen LogP) is 6.93. The number of rotatable bonds is 8. The molecule has 33 heavy (non-hydrogen) atoms. The van der Waals surface area contributed by atoms with E-state index < -0.39 is 5.41 Å². The van der Waals surface area contributed by atoms with E-state index in [1.807, 2.05) is 48.5 Å². The third kappa shape index (κ3) is 4.77. The van der Waals surface area contributed by atoms with E-state index in [4.69, 9.17) is 0 Å². The summed E-state index contributed by atoms with van der Waals surface area (Å²) in [6, 6.07) is 28.9. The first kappa shape index (κ1) is 22.9. The largest absolute Gasteiger partial charge is 0.307 e. The fourth-order valence-corrected chi connectivity index (χ4v) is 4.72. The molecule has 1 aliphatic carbocycles. The molecule has 3 aromatic rings. The summed E-state index contributed by atoms with van der Waals surface area (Å²) in [5.74, 6) is 0.147. The second kappa shape index (κ2) is 10.1. The van der Waals surface area contributed by atoms with Gasteiger partial charge in [0.1, 0.15) is 0 Å². The van der Waals surface area contributed by atoms with Crippen LogP contribution in [0.5, 0.6) is 0 Å².